The van der Waals surface area contributed by atoms with Crippen LogP contribution in [-0.2, 0) is 19.1 Å². The molecule has 0 aliphatic heterocycles. The number of methoxy groups -OCH3 is 1. The zero-order valence-electron chi connectivity index (χ0n) is 16.2. The molecule has 0 bridgehead atoms. The summed E-state index contributed by atoms with van der Waals surface area (Å²) >= 11 is 1.25. The van der Waals surface area contributed by atoms with Gasteiger partial charge in [-0.15, -0.1) is 11.8 Å². The van der Waals surface area contributed by atoms with Gasteiger partial charge in [0.25, 0.3) is 5.91 Å². The molecule has 0 spiro atoms. The fourth-order valence-corrected chi connectivity index (χ4v) is 3.84. The number of ether oxygens (including phenoxy) is 2. The van der Waals surface area contributed by atoms with Crippen LogP contribution in [0.1, 0.15) is 42.5 Å². The summed E-state index contributed by atoms with van der Waals surface area (Å²) in [5.41, 5.74) is 0.350. The lowest BCUT2D eigenvalue weighted by Crippen LogP contribution is -2.38. The largest absolute Gasteiger partial charge is 0.452 e. The van der Waals surface area contributed by atoms with Gasteiger partial charge in [-0.25, -0.2) is 4.79 Å². The molecule has 1 saturated carbocycles. The molecular weight excluding hydrogens is 380 g/mol. The van der Waals surface area contributed by atoms with E-state index in [0.29, 0.717) is 23.6 Å². The molecule has 8 heteroatoms. The van der Waals surface area contributed by atoms with Crippen LogP contribution < -0.4 is 10.6 Å². The summed E-state index contributed by atoms with van der Waals surface area (Å²) in [6.45, 7) is 0.587. The highest BCUT2D eigenvalue weighted by molar-refractivity contribution is 8.00. The number of rotatable bonds is 10. The van der Waals surface area contributed by atoms with Crippen molar-refractivity contribution in [3.63, 3.8) is 0 Å². The molecule has 0 radical (unpaired) electrons. The van der Waals surface area contributed by atoms with Crippen LogP contribution in [0.25, 0.3) is 0 Å². The van der Waals surface area contributed by atoms with Crippen LogP contribution in [0.2, 0.25) is 0 Å². The predicted molar refractivity (Wildman–Crippen MR) is 107 cm³/mol. The molecule has 0 aromatic heterocycles. The minimum Gasteiger partial charge on any atom is -0.452 e. The maximum Gasteiger partial charge on any atom is 0.339 e. The van der Waals surface area contributed by atoms with Crippen LogP contribution >= 0.6 is 11.8 Å². The monoisotopic (exact) mass is 408 g/mol. The van der Waals surface area contributed by atoms with Crippen LogP contribution in [0.5, 0.6) is 0 Å². The van der Waals surface area contributed by atoms with E-state index < -0.39 is 5.97 Å². The second-order valence-electron chi connectivity index (χ2n) is 6.61. The topological polar surface area (TPSA) is 93.7 Å². The molecule has 0 saturated heterocycles. The molecule has 0 unspecified atom stereocenters. The third-order valence-electron chi connectivity index (χ3n) is 4.40. The Labute approximate surface area is 169 Å². The number of carbonyl (C=O) groups is 3. The number of amides is 2. The Bertz CT molecular complexity index is 662. The Kier molecular flexibility index (Phi) is 9.85. The van der Waals surface area contributed by atoms with Crippen LogP contribution in [-0.4, -0.2) is 56.4 Å². The Balaban J connectivity index is 1.80. The number of nitrogens with one attached hydrogen (secondary N) is 2. The van der Waals surface area contributed by atoms with Gasteiger partial charge in [0, 0.05) is 24.6 Å². The summed E-state index contributed by atoms with van der Waals surface area (Å²) < 4.78 is 10.1. The number of benzene rings is 1. The average molecular weight is 409 g/mol. The SMILES string of the molecule is COCCNC(=O)CSc1ccccc1C(=O)OCC(=O)NC1CCCCC1. The van der Waals surface area contributed by atoms with Crippen LogP contribution in [0.4, 0.5) is 0 Å². The minimum atomic E-state index is -0.568. The van der Waals surface area contributed by atoms with Gasteiger partial charge in [0.05, 0.1) is 17.9 Å². The molecule has 2 amide bonds. The quantitative estimate of drug-likeness (QED) is 0.350. The zero-order chi connectivity index (χ0) is 20.2. The number of carbonyl (C=O) groups excluding carboxylic acids is 3. The van der Waals surface area contributed by atoms with Crippen LogP contribution in [0, 0.1) is 0 Å². The fourth-order valence-electron chi connectivity index (χ4n) is 2.97. The second kappa shape index (κ2) is 12.4. The van der Waals surface area contributed by atoms with Crippen molar-refractivity contribution < 1.29 is 23.9 Å². The lowest BCUT2D eigenvalue weighted by molar-refractivity contribution is -0.125. The van der Waals surface area contributed by atoms with Crippen molar-refractivity contribution in [2.24, 2.45) is 0 Å². The van der Waals surface area contributed by atoms with Gasteiger partial charge in [0.15, 0.2) is 6.61 Å². The van der Waals surface area contributed by atoms with E-state index in [0.717, 1.165) is 25.7 Å². The van der Waals surface area contributed by atoms with E-state index in [1.54, 1.807) is 31.4 Å². The van der Waals surface area contributed by atoms with Crippen molar-refractivity contribution in [3.05, 3.63) is 29.8 Å². The summed E-state index contributed by atoms with van der Waals surface area (Å²) in [5.74, 6) is -0.808. The van der Waals surface area contributed by atoms with Gasteiger partial charge in [-0.05, 0) is 25.0 Å². The summed E-state index contributed by atoms with van der Waals surface area (Å²) in [7, 11) is 1.57. The lowest BCUT2D eigenvalue weighted by Gasteiger charge is -2.22. The Morgan fingerprint density at radius 1 is 1.11 bits per heavy atom. The lowest BCUT2D eigenvalue weighted by atomic mass is 9.95. The predicted octanol–water partition coefficient (Wildman–Crippen LogP) is 2.15. The number of hydrogen-bond acceptors (Lipinski definition) is 6. The van der Waals surface area contributed by atoms with Gasteiger partial charge in [-0.3, -0.25) is 9.59 Å². The van der Waals surface area contributed by atoms with Gasteiger partial charge in [0.1, 0.15) is 0 Å². The van der Waals surface area contributed by atoms with E-state index in [-0.39, 0.29) is 30.2 Å². The van der Waals surface area contributed by atoms with E-state index in [2.05, 4.69) is 10.6 Å². The normalized spacial score (nSPS) is 14.3. The van der Waals surface area contributed by atoms with Crippen molar-refractivity contribution >= 4 is 29.5 Å². The Morgan fingerprint density at radius 3 is 2.61 bits per heavy atom. The molecule has 1 aliphatic rings. The van der Waals surface area contributed by atoms with E-state index in [1.807, 2.05) is 0 Å². The first-order chi connectivity index (χ1) is 13.6. The summed E-state index contributed by atoms with van der Waals surface area (Å²) in [6, 6.07) is 7.08. The maximum atomic E-state index is 12.4. The van der Waals surface area contributed by atoms with E-state index in [1.165, 1.54) is 18.2 Å². The molecule has 0 atom stereocenters. The summed E-state index contributed by atoms with van der Waals surface area (Å²) in [6.07, 6.45) is 5.40. The third kappa shape index (κ3) is 7.90. The van der Waals surface area contributed by atoms with Crippen molar-refractivity contribution in [2.75, 3.05) is 32.6 Å². The molecule has 1 aromatic rings. The van der Waals surface area contributed by atoms with E-state index in [9.17, 15) is 14.4 Å². The molecule has 1 aromatic carbocycles. The summed E-state index contributed by atoms with van der Waals surface area (Å²) in [5, 5.41) is 5.65. The van der Waals surface area contributed by atoms with Gasteiger partial charge < -0.3 is 20.1 Å². The third-order valence-corrected chi connectivity index (χ3v) is 5.47. The van der Waals surface area contributed by atoms with Crippen LogP contribution in [0.15, 0.2) is 29.2 Å². The number of hydrogen-bond donors (Lipinski definition) is 2. The first-order valence-corrected chi connectivity index (χ1v) is 10.5. The number of thioether (sulfide) groups is 1. The standard InChI is InChI=1S/C20H28N2O5S/c1-26-12-11-21-19(24)14-28-17-10-6-5-9-16(17)20(25)27-13-18(23)22-15-7-3-2-4-8-15/h5-6,9-10,15H,2-4,7-8,11-14H2,1H3,(H,21,24)(H,22,23). The Morgan fingerprint density at radius 2 is 1.86 bits per heavy atom. The van der Waals surface area contributed by atoms with E-state index in [4.69, 9.17) is 9.47 Å². The molecule has 1 aliphatic carbocycles. The van der Waals surface area contributed by atoms with E-state index >= 15 is 0 Å². The number of esters is 1. The van der Waals surface area contributed by atoms with Gasteiger partial charge in [0.2, 0.25) is 5.91 Å². The highest BCUT2D eigenvalue weighted by Crippen LogP contribution is 2.23. The van der Waals surface area contributed by atoms with Crippen molar-refractivity contribution in [2.45, 2.75) is 43.0 Å². The fraction of sp³-hybridized carbons (Fsp3) is 0.550. The first-order valence-electron chi connectivity index (χ1n) is 9.54. The first kappa shape index (κ1) is 22.2. The van der Waals surface area contributed by atoms with Crippen molar-refractivity contribution in [3.8, 4) is 0 Å². The van der Waals surface area contributed by atoms with Crippen molar-refractivity contribution in [1.29, 1.82) is 0 Å². The maximum absolute atomic E-state index is 12.4. The average Bonchev–Trinajstić information content (AvgIpc) is 2.71. The van der Waals surface area contributed by atoms with Crippen LogP contribution in [0.3, 0.4) is 0 Å². The molecule has 1 fully saturated rings. The smallest absolute Gasteiger partial charge is 0.339 e. The molecule has 7 nitrogen and oxygen atoms in total. The highest BCUT2D eigenvalue weighted by Gasteiger charge is 2.18. The molecule has 0 heterocycles. The van der Waals surface area contributed by atoms with Gasteiger partial charge in [-0.1, -0.05) is 31.4 Å². The molecular formula is C20H28N2O5S. The van der Waals surface area contributed by atoms with Gasteiger partial charge in [-0.2, -0.15) is 0 Å². The summed E-state index contributed by atoms with van der Waals surface area (Å²) in [4.78, 5) is 36.9. The molecule has 2 rings (SSSR count). The minimum absolute atomic E-state index is 0.142. The molecule has 28 heavy (non-hydrogen) atoms. The Hall–Kier alpha value is -2.06. The second-order valence-corrected chi connectivity index (χ2v) is 7.62. The molecule has 2 N–H and O–H groups in total. The van der Waals surface area contributed by atoms with Crippen molar-refractivity contribution in [1.82, 2.24) is 10.6 Å². The zero-order valence-corrected chi connectivity index (χ0v) is 17.0. The van der Waals surface area contributed by atoms with Gasteiger partial charge >= 0.3 is 5.97 Å². The molecule has 154 valence electrons. The highest BCUT2D eigenvalue weighted by atomic mass is 32.2.